The molecular weight excluding hydrogens is 480 g/mol. The summed E-state index contributed by atoms with van der Waals surface area (Å²) in [7, 11) is 0. The van der Waals surface area contributed by atoms with E-state index in [1.165, 1.54) is 24.3 Å². The molecule has 200 valence electrons. The summed E-state index contributed by atoms with van der Waals surface area (Å²) in [5.41, 5.74) is 6.65. The number of carbonyl (C=O) groups is 4. The predicted molar refractivity (Wildman–Crippen MR) is 136 cm³/mol. The standard InChI is InChI=1S/C26H34N4O7/c1-3-15(2)23(26(36)37)30-25(35)21(13-17-6-10-19(32)11-7-17)29-24(34)20(28-22(33)14-27)12-16-4-8-18(31)9-5-16/h4-11,15,20-21,23,31-32H,3,12-14,27H2,1-2H3,(H,28,33)(H,29,34)(H,30,35)(H,36,37). The molecule has 2 aromatic carbocycles. The van der Waals surface area contributed by atoms with Crippen LogP contribution in [0, 0.1) is 5.92 Å². The zero-order chi connectivity index (χ0) is 27.5. The van der Waals surface area contributed by atoms with Crippen molar-refractivity contribution in [3.05, 3.63) is 59.7 Å². The first-order valence-corrected chi connectivity index (χ1v) is 11.9. The summed E-state index contributed by atoms with van der Waals surface area (Å²) < 4.78 is 0. The van der Waals surface area contributed by atoms with Gasteiger partial charge in [0.1, 0.15) is 29.6 Å². The first kappa shape index (κ1) is 29.1. The fourth-order valence-electron chi connectivity index (χ4n) is 3.62. The van der Waals surface area contributed by atoms with Crippen LogP contribution in [0.3, 0.4) is 0 Å². The maximum atomic E-state index is 13.3. The van der Waals surface area contributed by atoms with Gasteiger partial charge in [-0.25, -0.2) is 4.79 Å². The second kappa shape index (κ2) is 13.8. The zero-order valence-corrected chi connectivity index (χ0v) is 20.8. The van der Waals surface area contributed by atoms with Crippen LogP contribution in [0.15, 0.2) is 48.5 Å². The lowest BCUT2D eigenvalue weighted by Crippen LogP contribution is -2.58. The van der Waals surface area contributed by atoms with Crippen LogP contribution in [0.25, 0.3) is 0 Å². The normalized spacial score (nSPS) is 14.0. The molecule has 4 atom stereocenters. The molecule has 11 nitrogen and oxygen atoms in total. The lowest BCUT2D eigenvalue weighted by Gasteiger charge is -2.26. The highest BCUT2D eigenvalue weighted by Gasteiger charge is 2.31. The Bertz CT molecular complexity index is 1070. The van der Waals surface area contributed by atoms with Crippen molar-refractivity contribution >= 4 is 23.7 Å². The Morgan fingerprint density at radius 3 is 1.62 bits per heavy atom. The molecule has 0 aliphatic carbocycles. The van der Waals surface area contributed by atoms with Gasteiger partial charge in [0.2, 0.25) is 17.7 Å². The summed E-state index contributed by atoms with van der Waals surface area (Å²) in [4.78, 5) is 50.3. The molecule has 8 N–H and O–H groups in total. The third-order valence-electron chi connectivity index (χ3n) is 6.00. The van der Waals surface area contributed by atoms with Gasteiger partial charge in [0.05, 0.1) is 6.54 Å². The number of nitrogens with two attached hydrogens (primary N) is 1. The maximum absolute atomic E-state index is 13.3. The Kier molecular flexibility index (Phi) is 10.9. The highest BCUT2D eigenvalue weighted by Crippen LogP contribution is 2.14. The van der Waals surface area contributed by atoms with Gasteiger partial charge in [-0.1, -0.05) is 44.5 Å². The number of phenolic OH excluding ortho intramolecular Hbond substituents is 2. The largest absolute Gasteiger partial charge is 0.508 e. The van der Waals surface area contributed by atoms with E-state index in [1.807, 2.05) is 0 Å². The van der Waals surface area contributed by atoms with Crippen molar-refractivity contribution < 1.29 is 34.5 Å². The minimum absolute atomic E-state index is 0.00145. The van der Waals surface area contributed by atoms with Crippen molar-refractivity contribution in [1.82, 2.24) is 16.0 Å². The quantitative estimate of drug-likeness (QED) is 0.200. The van der Waals surface area contributed by atoms with E-state index in [0.717, 1.165) is 0 Å². The number of aliphatic carboxylic acids is 1. The van der Waals surface area contributed by atoms with Crippen molar-refractivity contribution in [2.75, 3.05) is 6.54 Å². The number of amides is 3. The maximum Gasteiger partial charge on any atom is 0.326 e. The number of carboxylic acid groups (broad SMARTS) is 1. The number of aromatic hydroxyl groups is 2. The monoisotopic (exact) mass is 514 g/mol. The molecule has 0 heterocycles. The van der Waals surface area contributed by atoms with Gasteiger partial charge in [-0.2, -0.15) is 0 Å². The molecule has 3 amide bonds. The number of carbonyl (C=O) groups excluding carboxylic acids is 3. The number of nitrogens with one attached hydrogen (secondary N) is 3. The van der Waals surface area contributed by atoms with Crippen LogP contribution in [0.2, 0.25) is 0 Å². The average molecular weight is 515 g/mol. The minimum atomic E-state index is -1.20. The van der Waals surface area contributed by atoms with Crippen molar-refractivity contribution in [1.29, 1.82) is 0 Å². The Morgan fingerprint density at radius 2 is 1.22 bits per heavy atom. The second-order valence-corrected chi connectivity index (χ2v) is 8.84. The van der Waals surface area contributed by atoms with Crippen molar-refractivity contribution in [2.24, 2.45) is 11.7 Å². The van der Waals surface area contributed by atoms with Gasteiger partial charge in [-0.05, 0) is 41.3 Å². The number of hydrogen-bond acceptors (Lipinski definition) is 7. The molecule has 0 fully saturated rings. The van der Waals surface area contributed by atoms with Crippen molar-refractivity contribution in [3.63, 3.8) is 0 Å². The summed E-state index contributed by atoms with van der Waals surface area (Å²) in [6.07, 6.45) is 0.559. The summed E-state index contributed by atoms with van der Waals surface area (Å²) >= 11 is 0. The zero-order valence-electron chi connectivity index (χ0n) is 20.8. The van der Waals surface area contributed by atoms with E-state index in [0.29, 0.717) is 17.5 Å². The molecule has 0 bridgehead atoms. The number of carboxylic acids is 1. The van der Waals surface area contributed by atoms with Crippen LogP contribution < -0.4 is 21.7 Å². The first-order valence-electron chi connectivity index (χ1n) is 11.9. The molecule has 0 radical (unpaired) electrons. The average Bonchev–Trinajstić information content (AvgIpc) is 2.87. The van der Waals surface area contributed by atoms with Crippen LogP contribution in [0.5, 0.6) is 11.5 Å². The summed E-state index contributed by atoms with van der Waals surface area (Å²) in [6.45, 7) is 3.14. The Morgan fingerprint density at radius 1 is 0.784 bits per heavy atom. The van der Waals surface area contributed by atoms with Gasteiger partial charge in [-0.3, -0.25) is 14.4 Å². The highest BCUT2D eigenvalue weighted by atomic mass is 16.4. The van der Waals surface area contributed by atoms with Crippen LogP contribution in [-0.2, 0) is 32.0 Å². The number of benzene rings is 2. The number of hydrogen-bond donors (Lipinski definition) is 7. The number of rotatable bonds is 13. The van der Waals surface area contributed by atoms with Gasteiger partial charge >= 0.3 is 5.97 Å². The van der Waals surface area contributed by atoms with E-state index in [9.17, 15) is 34.5 Å². The fourth-order valence-corrected chi connectivity index (χ4v) is 3.62. The summed E-state index contributed by atoms with van der Waals surface area (Å²) in [5.74, 6) is -3.46. The molecule has 0 saturated heterocycles. The third-order valence-corrected chi connectivity index (χ3v) is 6.00. The molecule has 0 saturated carbocycles. The lowest BCUT2D eigenvalue weighted by atomic mass is 9.97. The van der Waals surface area contributed by atoms with E-state index in [2.05, 4.69) is 16.0 Å². The fraction of sp³-hybridized carbons (Fsp3) is 0.385. The Hall–Kier alpha value is -4.12. The topological polar surface area (TPSA) is 191 Å². The summed E-state index contributed by atoms with van der Waals surface area (Å²) in [6, 6.07) is 8.64. The van der Waals surface area contributed by atoms with Gasteiger partial charge in [0.25, 0.3) is 0 Å². The van der Waals surface area contributed by atoms with Gasteiger partial charge in [0.15, 0.2) is 0 Å². The molecule has 0 aromatic heterocycles. The molecule has 2 aromatic rings. The van der Waals surface area contributed by atoms with E-state index in [-0.39, 0.29) is 36.8 Å². The van der Waals surface area contributed by atoms with Crippen molar-refractivity contribution in [3.8, 4) is 11.5 Å². The minimum Gasteiger partial charge on any atom is -0.508 e. The predicted octanol–water partition coefficient (Wildman–Crippen LogP) is 0.427. The molecule has 4 unspecified atom stereocenters. The van der Waals surface area contributed by atoms with Gasteiger partial charge < -0.3 is 37.0 Å². The van der Waals surface area contributed by atoms with Gasteiger partial charge in [-0.15, -0.1) is 0 Å². The highest BCUT2D eigenvalue weighted by molar-refractivity contribution is 5.94. The smallest absolute Gasteiger partial charge is 0.326 e. The number of phenols is 2. The van der Waals surface area contributed by atoms with E-state index in [1.54, 1.807) is 38.1 Å². The molecule has 11 heteroatoms. The van der Waals surface area contributed by atoms with Crippen molar-refractivity contribution in [2.45, 2.75) is 51.2 Å². The Balaban J connectivity index is 2.31. The van der Waals surface area contributed by atoms with Crippen LogP contribution in [0.4, 0.5) is 0 Å². The molecule has 0 aliphatic heterocycles. The second-order valence-electron chi connectivity index (χ2n) is 8.84. The molecule has 0 aliphatic rings. The van der Waals surface area contributed by atoms with Gasteiger partial charge in [0, 0.05) is 12.8 Å². The SMILES string of the molecule is CCC(C)C(NC(=O)C(Cc1ccc(O)cc1)NC(=O)C(Cc1ccc(O)cc1)NC(=O)CN)C(=O)O. The van der Waals surface area contributed by atoms with Crippen LogP contribution in [0.1, 0.15) is 31.4 Å². The first-order chi connectivity index (χ1) is 17.5. The van der Waals surface area contributed by atoms with E-state index >= 15 is 0 Å². The molecule has 0 spiro atoms. The lowest BCUT2D eigenvalue weighted by molar-refractivity contribution is -0.143. The summed E-state index contributed by atoms with van der Waals surface area (Å²) in [5, 5.41) is 36.4. The molecular formula is C26H34N4O7. The molecule has 2 rings (SSSR count). The van der Waals surface area contributed by atoms with E-state index < -0.39 is 41.8 Å². The Labute approximate surface area is 215 Å². The van der Waals surface area contributed by atoms with E-state index in [4.69, 9.17) is 5.73 Å². The van der Waals surface area contributed by atoms with Crippen LogP contribution >= 0.6 is 0 Å². The molecule has 37 heavy (non-hydrogen) atoms. The van der Waals surface area contributed by atoms with Crippen LogP contribution in [-0.4, -0.2) is 63.7 Å². The third kappa shape index (κ3) is 9.12.